The average molecular weight is 1510 g/mol. The summed E-state index contributed by atoms with van der Waals surface area (Å²) < 4.78 is 59.9. The highest BCUT2D eigenvalue weighted by molar-refractivity contribution is 6.31. The van der Waals surface area contributed by atoms with Gasteiger partial charge in [-0.25, -0.2) is 5.43 Å². The lowest BCUT2D eigenvalue weighted by molar-refractivity contribution is -0.345. The minimum atomic E-state index is -2.16. The fourth-order valence-electron chi connectivity index (χ4n) is 14.7. The number of nitrogens with one attached hydrogen (secondary N) is 3. The molecule has 106 heavy (non-hydrogen) atoms. The Labute approximate surface area is 610 Å². The molecule has 36 heteroatoms. The van der Waals surface area contributed by atoms with Gasteiger partial charge in [-0.05, 0) is 68.8 Å². The molecule has 36 nitrogen and oxygen atoms in total. The summed E-state index contributed by atoms with van der Waals surface area (Å²) in [5, 5.41) is 153. The van der Waals surface area contributed by atoms with Crippen molar-refractivity contribution in [3.63, 3.8) is 0 Å². The maximum absolute atomic E-state index is 14.2. The molecule has 0 spiro atoms. The number of methoxy groups -OCH3 is 2. The number of phenolic OH excluding ortho intramolecular Hbond substituents is 2. The van der Waals surface area contributed by atoms with E-state index in [-0.39, 0.29) is 85.3 Å². The molecule has 18 N–H and O–H groups in total. The number of amides is 2. The van der Waals surface area contributed by atoms with Crippen molar-refractivity contribution in [3.8, 4) is 17.2 Å². The molecule has 2 aromatic carbocycles. The van der Waals surface area contributed by atoms with Gasteiger partial charge in [-0.2, -0.15) is 0 Å². The zero-order valence-electron chi connectivity index (χ0n) is 59.8. The molecule has 2 amide bonds. The first kappa shape index (κ1) is 83.6. The Morgan fingerprint density at radius 3 is 1.95 bits per heavy atom. The van der Waals surface area contributed by atoms with Crippen LogP contribution >= 0.6 is 0 Å². The standard InChI is InChI=1S/C70H103N7O29/c1-33-22-35(23-38(71)52(33)84)103-40-25-70(96,24-37-49(40)57(89)51-50(54(37)86)53(85)36-14-12-15-39(97-4)48(36)56(51)88)44(29-79)74-75-46(81)17-13-19-69(2,3)32-77-27-34(73-76-77)26-72-45(80)16-8-6-10-20-100-65-43(31-101-67-61(93)58(90)55(87)41(28-78)104-67)106-68(63(95)60(65)92)102-30-42-64(59(91)62(94)66(98-5)105-42)99-21-11-7-9-18-47(82)83/h12,14-15,27,29,33,35,38,40-44,52,55,58-68,74,78,84,86-87,89-96H,6-11,13,16-26,28,30-32,71H2,1-5H3,(H,72,80)(H,75,81)(H,82,83)/t33?,35?,38?,40?,41-,42-,43-,44?,52?,55-,58+,59-,60-,61-,62-,63-,64-,65-,66+,67+,68+,70+/m1/s1. The fraction of sp³-hybridized carbons (Fsp3) is 0.714. The van der Waals surface area contributed by atoms with E-state index in [1.165, 1.54) is 32.4 Å². The van der Waals surface area contributed by atoms with Crippen molar-refractivity contribution in [2.24, 2.45) is 17.1 Å². The number of hydrazine groups is 1. The minimum absolute atomic E-state index is 0.0310. The molecule has 22 atom stereocenters. The van der Waals surface area contributed by atoms with Gasteiger partial charge in [-0.1, -0.05) is 51.0 Å². The number of nitrogens with zero attached hydrogens (tertiary/aromatic N) is 3. The Hall–Kier alpha value is -6.44. The smallest absolute Gasteiger partial charge is 0.303 e. The molecule has 1 aromatic heterocycles. The lowest BCUT2D eigenvalue weighted by Gasteiger charge is -2.45. The maximum atomic E-state index is 14.2. The molecule has 4 fully saturated rings. The third-order valence-electron chi connectivity index (χ3n) is 20.6. The van der Waals surface area contributed by atoms with E-state index in [9.17, 15) is 90.0 Å². The Morgan fingerprint density at radius 1 is 0.736 bits per heavy atom. The number of carbonyl (C=O) groups excluding carboxylic acids is 5. The number of aliphatic carboxylic acids is 1. The molecule has 1 saturated carbocycles. The summed E-state index contributed by atoms with van der Waals surface area (Å²) >= 11 is 0. The lowest BCUT2D eigenvalue weighted by atomic mass is 9.71. The summed E-state index contributed by atoms with van der Waals surface area (Å²) in [4.78, 5) is 78.7. The third kappa shape index (κ3) is 19.8. The number of aromatic nitrogens is 3. The number of carboxylic acids is 1. The molecule has 4 heterocycles. The number of ketones is 2. The van der Waals surface area contributed by atoms with Gasteiger partial charge < -0.3 is 130 Å². The minimum Gasteiger partial charge on any atom is -0.507 e. The van der Waals surface area contributed by atoms with Crippen LogP contribution in [0, 0.1) is 11.3 Å². The second-order valence-corrected chi connectivity index (χ2v) is 29.1. The zero-order valence-corrected chi connectivity index (χ0v) is 59.8. The van der Waals surface area contributed by atoms with Crippen LogP contribution in [0.1, 0.15) is 165 Å². The number of fused-ring (bicyclic) bond motifs is 3. The van der Waals surface area contributed by atoms with Crippen molar-refractivity contribution in [2.75, 3.05) is 47.3 Å². The van der Waals surface area contributed by atoms with E-state index in [0.29, 0.717) is 76.3 Å². The lowest BCUT2D eigenvalue weighted by Crippen LogP contribution is -2.63. The number of benzene rings is 2. The van der Waals surface area contributed by atoms with Crippen molar-refractivity contribution in [3.05, 3.63) is 63.5 Å². The second-order valence-electron chi connectivity index (χ2n) is 29.1. The van der Waals surface area contributed by atoms with E-state index in [1.54, 1.807) is 17.8 Å². The number of aldehydes is 1. The van der Waals surface area contributed by atoms with Gasteiger partial charge in [-0.3, -0.25) is 34.1 Å². The largest absolute Gasteiger partial charge is 0.507 e. The molecule has 9 rings (SSSR count). The first-order chi connectivity index (χ1) is 50.4. The second kappa shape index (κ2) is 37.3. The van der Waals surface area contributed by atoms with E-state index in [0.717, 1.165) is 0 Å². The highest BCUT2D eigenvalue weighted by Crippen LogP contribution is 2.53. The van der Waals surface area contributed by atoms with Gasteiger partial charge in [0.15, 0.2) is 24.7 Å². The highest BCUT2D eigenvalue weighted by atomic mass is 16.7. The quantitative estimate of drug-likeness (QED) is 0.00981. The van der Waals surface area contributed by atoms with E-state index in [1.807, 2.05) is 13.8 Å². The third-order valence-corrected chi connectivity index (χ3v) is 20.6. The Balaban J connectivity index is 0.725. The monoisotopic (exact) mass is 1510 g/mol. The van der Waals surface area contributed by atoms with E-state index < -0.39 is 212 Å². The molecular formula is C70H103N7O29. The van der Waals surface area contributed by atoms with Crippen LogP contribution in [0.25, 0.3) is 0 Å². The van der Waals surface area contributed by atoms with Crippen LogP contribution in [0.2, 0.25) is 0 Å². The number of hydrogen-bond acceptors (Lipinski definition) is 32. The zero-order chi connectivity index (χ0) is 77.1. The van der Waals surface area contributed by atoms with Crippen LogP contribution in [-0.2, 0) is 81.3 Å². The number of carbonyl (C=O) groups is 6. The predicted molar refractivity (Wildman–Crippen MR) is 362 cm³/mol. The van der Waals surface area contributed by atoms with E-state index in [2.05, 4.69) is 26.5 Å². The van der Waals surface area contributed by atoms with Crippen molar-refractivity contribution in [1.29, 1.82) is 0 Å². The number of ether oxygens (including phenoxy) is 10. The summed E-state index contributed by atoms with van der Waals surface area (Å²) in [6.45, 7) is 4.37. The van der Waals surface area contributed by atoms with Crippen LogP contribution in [0.4, 0.5) is 0 Å². The maximum Gasteiger partial charge on any atom is 0.303 e. The normalized spacial score (nSPS) is 32.0. The first-order valence-electron chi connectivity index (χ1n) is 35.8. The summed E-state index contributed by atoms with van der Waals surface area (Å²) in [7, 11) is 2.55. The van der Waals surface area contributed by atoms with Crippen LogP contribution in [-0.4, -0.2) is 286 Å². The number of hydrogen-bond donors (Lipinski definition) is 17. The summed E-state index contributed by atoms with van der Waals surface area (Å²) in [5.74, 6) is -5.02. The molecule has 3 aliphatic heterocycles. The molecule has 0 radical (unpaired) electrons. The SMILES string of the molecule is COc1cccc2c1C(=O)c1c(O)c3c(c(O)c1C2=O)C[C@@](O)(C(C=O)NNC(=O)CCCC(C)(C)Cn1cc(CNC(=O)CCCCCO[C@H]2[C@H](O)[C@@H](O)[C@@H](OC[C@H]4O[C@H](OC)[C@H](O)[C@@H](O)[C@@H]4OCCCCCC(=O)O)O[C@@H]2CO[C@H]2O[C@H](CO)[C@@H](O)[C@H](O)[C@H]2O)nn1)CC3OC1CC(C)C(O)C(N)C1. The summed E-state index contributed by atoms with van der Waals surface area (Å²) in [5.41, 5.74) is 7.85. The number of aliphatic hydroxyl groups excluding tert-OH is 9. The van der Waals surface area contributed by atoms with Crippen LogP contribution in [0.3, 0.4) is 0 Å². The van der Waals surface area contributed by atoms with Crippen LogP contribution in [0.15, 0.2) is 24.4 Å². The molecule has 6 unspecified atom stereocenters. The number of phenols is 2. The van der Waals surface area contributed by atoms with Gasteiger partial charge in [0.2, 0.25) is 17.6 Å². The predicted octanol–water partition coefficient (Wildman–Crippen LogP) is -2.26. The number of nitrogens with two attached hydrogens (primary N) is 1. The Kier molecular flexibility index (Phi) is 29.4. The summed E-state index contributed by atoms with van der Waals surface area (Å²) in [6.07, 6.45) is -20.7. The van der Waals surface area contributed by atoms with Gasteiger partial charge in [-0.15, -0.1) is 5.10 Å². The number of unbranched alkanes of at least 4 members (excludes halogenated alkanes) is 4. The summed E-state index contributed by atoms with van der Waals surface area (Å²) in [6, 6.07) is 2.09. The number of rotatable bonds is 37. The van der Waals surface area contributed by atoms with Gasteiger partial charge in [0.1, 0.15) is 109 Å². The number of aromatic hydroxyl groups is 2. The van der Waals surface area contributed by atoms with Crippen molar-refractivity contribution in [2.45, 2.75) is 258 Å². The van der Waals surface area contributed by atoms with Gasteiger partial charge in [0.25, 0.3) is 0 Å². The number of carboxylic acid groups (broad SMARTS) is 1. The molecule has 3 aromatic rings. The van der Waals surface area contributed by atoms with Crippen LogP contribution < -0.4 is 26.6 Å². The van der Waals surface area contributed by atoms with Gasteiger partial charge >= 0.3 is 5.97 Å². The topological polar surface area (TPSA) is 551 Å². The molecule has 0 bridgehead atoms. The van der Waals surface area contributed by atoms with Crippen molar-refractivity contribution < 1.29 is 143 Å². The molecule has 592 valence electrons. The Morgan fingerprint density at radius 2 is 1.34 bits per heavy atom. The Bertz CT molecular complexity index is 3460. The van der Waals surface area contributed by atoms with E-state index in [4.69, 9.17) is 58.2 Å². The van der Waals surface area contributed by atoms with Gasteiger partial charge in [0, 0.05) is 81.7 Å². The highest BCUT2D eigenvalue weighted by Gasteiger charge is 2.53. The molecular weight excluding hydrogens is 1400 g/mol. The van der Waals surface area contributed by atoms with Crippen molar-refractivity contribution in [1.82, 2.24) is 31.2 Å². The molecule has 6 aliphatic rings. The average Bonchev–Trinajstić information content (AvgIpc) is 0.815. The van der Waals surface area contributed by atoms with Crippen LogP contribution in [0.5, 0.6) is 17.2 Å². The van der Waals surface area contributed by atoms with Crippen molar-refractivity contribution >= 4 is 35.6 Å². The van der Waals surface area contributed by atoms with E-state index >= 15 is 0 Å². The fourth-order valence-corrected chi connectivity index (χ4v) is 14.7. The molecule has 3 saturated heterocycles. The molecule has 3 aliphatic carbocycles. The van der Waals surface area contributed by atoms with Gasteiger partial charge in [0.05, 0.1) is 80.3 Å². The number of aliphatic hydroxyl groups is 10. The first-order valence-corrected chi connectivity index (χ1v) is 35.8.